The molecular weight excluding hydrogens is 376 g/mol. The van der Waals surface area contributed by atoms with Crippen molar-refractivity contribution >= 4 is 29.0 Å². The third-order valence-electron chi connectivity index (χ3n) is 4.22. The van der Waals surface area contributed by atoms with Crippen molar-refractivity contribution in [3.8, 4) is 5.75 Å². The summed E-state index contributed by atoms with van der Waals surface area (Å²) in [4.78, 5) is 12.5. The van der Waals surface area contributed by atoms with E-state index < -0.39 is 0 Å². The number of ether oxygens (including phenoxy) is 1. The van der Waals surface area contributed by atoms with Gasteiger partial charge in [0.15, 0.2) is 5.69 Å². The molecule has 0 aliphatic rings. The van der Waals surface area contributed by atoms with Crippen LogP contribution in [0.2, 0.25) is 5.02 Å². The molecule has 0 radical (unpaired) electrons. The molecule has 7 heteroatoms. The summed E-state index contributed by atoms with van der Waals surface area (Å²) in [5.41, 5.74) is 3.92. The van der Waals surface area contributed by atoms with E-state index in [9.17, 15) is 4.79 Å². The fourth-order valence-electron chi connectivity index (χ4n) is 2.56. The van der Waals surface area contributed by atoms with E-state index in [1.807, 2.05) is 13.8 Å². The molecule has 0 saturated heterocycles. The average molecular weight is 397 g/mol. The molecule has 2 aromatic carbocycles. The summed E-state index contributed by atoms with van der Waals surface area (Å²) in [6.45, 7) is 4.53. The minimum atomic E-state index is -0.377. The number of hydrogen-bond donors (Lipinski definition) is 2. The molecule has 1 heterocycles. The van der Waals surface area contributed by atoms with Gasteiger partial charge in [-0.2, -0.15) is 0 Å². The number of aryl methyl sites for hydroxylation is 2. The van der Waals surface area contributed by atoms with Crippen LogP contribution in [-0.2, 0) is 6.54 Å². The molecule has 28 heavy (non-hydrogen) atoms. The van der Waals surface area contributed by atoms with E-state index in [1.54, 1.807) is 24.3 Å². The Bertz CT molecular complexity index is 973. The molecule has 0 unspecified atom stereocenters. The Kier molecular flexibility index (Phi) is 6.11. The Morgan fingerprint density at radius 2 is 1.82 bits per heavy atom. The largest absolute Gasteiger partial charge is 0.495 e. The van der Waals surface area contributed by atoms with E-state index in [1.165, 1.54) is 12.7 Å². The van der Waals surface area contributed by atoms with Crippen molar-refractivity contribution in [3.05, 3.63) is 75.9 Å². The summed E-state index contributed by atoms with van der Waals surface area (Å²) >= 11 is 6.10. The number of carbonyl (C=O) groups excluding carboxylic acids is 1. The highest BCUT2D eigenvalue weighted by Crippen LogP contribution is 2.31. The first-order chi connectivity index (χ1) is 13.5. The number of aromatic nitrogens is 2. The van der Waals surface area contributed by atoms with Crippen LogP contribution in [0.5, 0.6) is 5.75 Å². The maximum atomic E-state index is 12.5. The predicted molar refractivity (Wildman–Crippen MR) is 111 cm³/mol. The number of nitrogens with zero attached hydrogens (tertiary/aromatic N) is 2. The summed E-state index contributed by atoms with van der Waals surface area (Å²) < 4.78 is 5.27. The molecule has 144 valence electrons. The van der Waals surface area contributed by atoms with Crippen LogP contribution in [0.25, 0.3) is 0 Å². The van der Waals surface area contributed by atoms with Crippen molar-refractivity contribution in [2.24, 2.45) is 0 Å². The van der Waals surface area contributed by atoms with Gasteiger partial charge in [0.1, 0.15) is 11.6 Å². The smallest absolute Gasteiger partial charge is 0.276 e. The molecule has 0 atom stereocenters. The molecule has 1 aromatic heterocycles. The highest BCUT2D eigenvalue weighted by Gasteiger charge is 2.13. The molecule has 0 fully saturated rings. The number of amides is 1. The third kappa shape index (κ3) is 4.78. The molecule has 0 bridgehead atoms. The van der Waals surface area contributed by atoms with Gasteiger partial charge in [-0.1, -0.05) is 41.4 Å². The number of rotatable bonds is 6. The van der Waals surface area contributed by atoms with E-state index in [4.69, 9.17) is 16.3 Å². The zero-order chi connectivity index (χ0) is 20.1. The van der Waals surface area contributed by atoms with Crippen LogP contribution < -0.4 is 15.4 Å². The number of benzene rings is 2. The molecule has 0 spiro atoms. The highest BCUT2D eigenvalue weighted by molar-refractivity contribution is 6.31. The van der Waals surface area contributed by atoms with Gasteiger partial charge in [0, 0.05) is 17.6 Å². The maximum absolute atomic E-state index is 12.5. The first kappa shape index (κ1) is 19.6. The number of carbonyl (C=O) groups is 1. The van der Waals surface area contributed by atoms with E-state index in [2.05, 4.69) is 45.1 Å². The van der Waals surface area contributed by atoms with Crippen LogP contribution in [-0.4, -0.2) is 23.2 Å². The lowest BCUT2D eigenvalue weighted by Gasteiger charge is -2.12. The number of halogens is 1. The Morgan fingerprint density at radius 1 is 1.07 bits per heavy atom. The van der Waals surface area contributed by atoms with E-state index in [0.29, 0.717) is 28.8 Å². The lowest BCUT2D eigenvalue weighted by atomic mass is 10.1. The number of methoxy groups -OCH3 is 1. The van der Waals surface area contributed by atoms with E-state index in [-0.39, 0.29) is 11.6 Å². The third-order valence-corrected chi connectivity index (χ3v) is 4.63. The minimum Gasteiger partial charge on any atom is -0.495 e. The zero-order valence-corrected chi connectivity index (χ0v) is 16.7. The first-order valence-electron chi connectivity index (χ1n) is 8.75. The normalized spacial score (nSPS) is 10.4. The molecule has 0 saturated carbocycles. The van der Waals surface area contributed by atoms with E-state index in [0.717, 1.165) is 11.1 Å². The second kappa shape index (κ2) is 8.71. The van der Waals surface area contributed by atoms with Crippen LogP contribution in [0.1, 0.15) is 27.2 Å². The van der Waals surface area contributed by atoms with Gasteiger partial charge in [0.05, 0.1) is 12.8 Å². The van der Waals surface area contributed by atoms with Crippen molar-refractivity contribution in [1.29, 1.82) is 0 Å². The molecule has 3 rings (SSSR count). The Labute approximate surface area is 168 Å². The highest BCUT2D eigenvalue weighted by atomic mass is 35.5. The van der Waals surface area contributed by atoms with Crippen molar-refractivity contribution in [1.82, 2.24) is 10.2 Å². The zero-order valence-electron chi connectivity index (χ0n) is 15.9. The number of anilines is 2. The van der Waals surface area contributed by atoms with E-state index >= 15 is 0 Å². The Hall–Kier alpha value is -3.12. The van der Waals surface area contributed by atoms with Gasteiger partial charge in [-0.05, 0) is 43.2 Å². The molecular formula is C21H21ClN4O2. The molecule has 0 aliphatic heterocycles. The Balaban J connectivity index is 1.65. The van der Waals surface area contributed by atoms with Crippen LogP contribution in [0.15, 0.2) is 48.5 Å². The summed E-state index contributed by atoms with van der Waals surface area (Å²) in [5, 5.41) is 14.6. The maximum Gasteiger partial charge on any atom is 0.276 e. The fourth-order valence-corrected chi connectivity index (χ4v) is 2.72. The van der Waals surface area contributed by atoms with Crippen LogP contribution in [0, 0.1) is 13.8 Å². The first-order valence-corrected chi connectivity index (χ1v) is 9.12. The second-order valence-electron chi connectivity index (χ2n) is 6.40. The SMILES string of the molecule is COc1cc(Cl)c(C)cc1NC(=O)c1ccc(NCc2ccc(C)cc2)nn1. The summed E-state index contributed by atoms with van der Waals surface area (Å²) in [5.74, 6) is 0.697. The summed E-state index contributed by atoms with van der Waals surface area (Å²) in [7, 11) is 1.52. The van der Waals surface area contributed by atoms with Crippen molar-refractivity contribution < 1.29 is 9.53 Å². The topological polar surface area (TPSA) is 76.1 Å². The van der Waals surface area contributed by atoms with Crippen LogP contribution in [0.3, 0.4) is 0 Å². The fraction of sp³-hybridized carbons (Fsp3) is 0.190. The van der Waals surface area contributed by atoms with Crippen molar-refractivity contribution in [2.75, 3.05) is 17.7 Å². The second-order valence-corrected chi connectivity index (χ2v) is 6.81. The Morgan fingerprint density at radius 3 is 2.46 bits per heavy atom. The number of hydrogen-bond acceptors (Lipinski definition) is 5. The van der Waals surface area contributed by atoms with Gasteiger partial charge in [-0.25, -0.2) is 0 Å². The standard InChI is InChI=1S/C21H21ClN4O2/c1-13-4-6-15(7-5-13)12-23-20-9-8-17(25-26-20)21(27)24-18-10-14(2)16(22)11-19(18)28-3/h4-11H,12H2,1-3H3,(H,23,26)(H,24,27). The molecule has 1 amide bonds. The molecule has 0 aliphatic carbocycles. The summed E-state index contributed by atoms with van der Waals surface area (Å²) in [6, 6.07) is 15.0. The van der Waals surface area contributed by atoms with Crippen molar-refractivity contribution in [3.63, 3.8) is 0 Å². The average Bonchev–Trinajstić information content (AvgIpc) is 2.70. The molecule has 3 aromatic rings. The lowest BCUT2D eigenvalue weighted by Crippen LogP contribution is -2.15. The van der Waals surface area contributed by atoms with Gasteiger partial charge in [0.25, 0.3) is 5.91 Å². The van der Waals surface area contributed by atoms with Gasteiger partial charge in [0.2, 0.25) is 0 Å². The van der Waals surface area contributed by atoms with Gasteiger partial charge < -0.3 is 15.4 Å². The molecule has 6 nitrogen and oxygen atoms in total. The quantitative estimate of drug-likeness (QED) is 0.635. The number of nitrogens with one attached hydrogen (secondary N) is 2. The van der Waals surface area contributed by atoms with Gasteiger partial charge in [-0.3, -0.25) is 4.79 Å². The summed E-state index contributed by atoms with van der Waals surface area (Å²) in [6.07, 6.45) is 0. The van der Waals surface area contributed by atoms with Gasteiger partial charge in [-0.15, -0.1) is 10.2 Å². The molecule has 2 N–H and O–H groups in total. The minimum absolute atomic E-state index is 0.204. The van der Waals surface area contributed by atoms with Gasteiger partial charge >= 0.3 is 0 Å². The van der Waals surface area contributed by atoms with Crippen LogP contribution in [0.4, 0.5) is 11.5 Å². The van der Waals surface area contributed by atoms with Crippen molar-refractivity contribution in [2.45, 2.75) is 20.4 Å². The monoisotopic (exact) mass is 396 g/mol. The van der Waals surface area contributed by atoms with Crippen LogP contribution >= 0.6 is 11.6 Å². The lowest BCUT2D eigenvalue weighted by molar-refractivity contribution is 0.102. The predicted octanol–water partition coefficient (Wildman–Crippen LogP) is 4.62.